The minimum Gasteiger partial charge on any atom is -0.383 e. The van der Waals surface area contributed by atoms with Gasteiger partial charge in [0.25, 0.3) is 10.9 Å². The largest absolute Gasteiger partial charge is 0.383 e. The van der Waals surface area contributed by atoms with Gasteiger partial charge in [0.2, 0.25) is 0 Å². The summed E-state index contributed by atoms with van der Waals surface area (Å²) in [5.74, 6) is 0. The van der Waals surface area contributed by atoms with Gasteiger partial charge in [-0.1, -0.05) is 6.92 Å². The van der Waals surface area contributed by atoms with Crippen LogP contribution in [0.3, 0.4) is 0 Å². The van der Waals surface area contributed by atoms with Gasteiger partial charge in [0.1, 0.15) is 11.4 Å². The van der Waals surface area contributed by atoms with E-state index in [2.05, 4.69) is 24.1 Å². The third-order valence-corrected chi connectivity index (χ3v) is 3.65. The van der Waals surface area contributed by atoms with Crippen LogP contribution in [0, 0.1) is 0 Å². The lowest BCUT2D eigenvalue weighted by molar-refractivity contribution is 0.625. The van der Waals surface area contributed by atoms with Crippen LogP contribution in [0.25, 0.3) is 0 Å². The highest BCUT2D eigenvalue weighted by atomic mass is 16.2. The molecule has 4 nitrogen and oxygen atoms in total. The van der Waals surface area contributed by atoms with Gasteiger partial charge in [0.05, 0.1) is 0 Å². The molecule has 1 aliphatic heterocycles. The van der Waals surface area contributed by atoms with Gasteiger partial charge < -0.3 is 10.2 Å². The molecule has 2 rings (SSSR count). The van der Waals surface area contributed by atoms with Crippen molar-refractivity contribution in [1.29, 1.82) is 0 Å². The Balaban J connectivity index is 2.40. The van der Waals surface area contributed by atoms with Gasteiger partial charge in [-0.25, -0.2) is 0 Å². The van der Waals surface area contributed by atoms with Gasteiger partial charge in [0, 0.05) is 19.1 Å². The monoisotopic (exact) mass is 222 g/mol. The zero-order valence-corrected chi connectivity index (χ0v) is 10.0. The Kier molecular flexibility index (Phi) is 2.74. The van der Waals surface area contributed by atoms with E-state index in [-0.39, 0.29) is 10.9 Å². The minimum absolute atomic E-state index is 0.323. The maximum Gasteiger partial charge on any atom is 0.253 e. The van der Waals surface area contributed by atoms with E-state index in [1.807, 2.05) is 0 Å². The van der Waals surface area contributed by atoms with E-state index in [9.17, 15) is 9.59 Å². The first kappa shape index (κ1) is 11.2. The van der Waals surface area contributed by atoms with Crippen molar-refractivity contribution in [2.75, 3.05) is 17.3 Å². The highest BCUT2D eigenvalue weighted by molar-refractivity contribution is 5.76. The third kappa shape index (κ3) is 1.36. The first-order chi connectivity index (χ1) is 7.61. The van der Waals surface area contributed by atoms with E-state index in [1.54, 1.807) is 7.05 Å². The van der Waals surface area contributed by atoms with Crippen molar-refractivity contribution in [2.45, 2.75) is 45.2 Å². The normalized spacial score (nSPS) is 25.3. The van der Waals surface area contributed by atoms with Crippen LogP contribution in [0.15, 0.2) is 9.59 Å². The second-order valence-corrected chi connectivity index (χ2v) is 4.53. The maximum absolute atomic E-state index is 11.6. The van der Waals surface area contributed by atoms with E-state index in [0.717, 1.165) is 19.3 Å². The van der Waals surface area contributed by atoms with Crippen molar-refractivity contribution in [3.05, 3.63) is 20.4 Å². The lowest BCUT2D eigenvalue weighted by Crippen LogP contribution is -2.46. The molecular formula is C12H18N2O2. The van der Waals surface area contributed by atoms with Crippen LogP contribution in [0.1, 0.15) is 33.1 Å². The fourth-order valence-electron chi connectivity index (χ4n) is 2.73. The molecule has 88 valence electrons. The summed E-state index contributed by atoms with van der Waals surface area (Å²) in [6.07, 6.45) is 3.23. The average Bonchev–Trinajstić information content (AvgIpc) is 2.65. The van der Waals surface area contributed by atoms with Crippen molar-refractivity contribution in [3.8, 4) is 0 Å². The molecule has 0 aromatic heterocycles. The van der Waals surface area contributed by atoms with Crippen LogP contribution in [0.2, 0.25) is 0 Å². The Bertz CT molecular complexity index is 460. The highest BCUT2D eigenvalue weighted by Gasteiger charge is 2.36. The van der Waals surface area contributed by atoms with Gasteiger partial charge in [-0.15, -0.1) is 0 Å². The van der Waals surface area contributed by atoms with Crippen molar-refractivity contribution < 1.29 is 0 Å². The van der Waals surface area contributed by atoms with E-state index in [1.165, 1.54) is 0 Å². The average molecular weight is 222 g/mol. The Labute approximate surface area is 95.0 Å². The molecule has 16 heavy (non-hydrogen) atoms. The quantitative estimate of drug-likeness (QED) is 0.778. The van der Waals surface area contributed by atoms with Crippen LogP contribution in [-0.2, 0) is 0 Å². The van der Waals surface area contributed by atoms with Crippen molar-refractivity contribution in [3.63, 3.8) is 0 Å². The molecule has 1 fully saturated rings. The molecule has 1 aliphatic rings. The molecule has 1 N–H and O–H groups in total. The summed E-state index contributed by atoms with van der Waals surface area (Å²) in [5, 5.41) is 2.84. The summed E-state index contributed by atoms with van der Waals surface area (Å²) in [4.78, 5) is 25.1. The molecule has 0 aliphatic carbocycles. The fraction of sp³-hybridized carbons (Fsp3) is 0.667. The SMILES string of the molecule is CCC1CCC(C)N1c1c(NC)c(=O)c1=O. The predicted octanol–water partition coefficient (Wildman–Crippen LogP) is 1.09. The summed E-state index contributed by atoms with van der Waals surface area (Å²) < 4.78 is 0. The second kappa shape index (κ2) is 3.92. The highest BCUT2D eigenvalue weighted by Crippen LogP contribution is 2.33. The third-order valence-electron chi connectivity index (χ3n) is 3.65. The summed E-state index contributed by atoms with van der Waals surface area (Å²) in [6, 6.07) is 0.769. The second-order valence-electron chi connectivity index (χ2n) is 4.53. The summed E-state index contributed by atoms with van der Waals surface area (Å²) >= 11 is 0. The van der Waals surface area contributed by atoms with E-state index in [4.69, 9.17) is 0 Å². The lowest BCUT2D eigenvalue weighted by atomic mass is 10.1. The molecular weight excluding hydrogens is 204 g/mol. The Morgan fingerprint density at radius 3 is 2.56 bits per heavy atom. The van der Waals surface area contributed by atoms with Gasteiger partial charge in [-0.3, -0.25) is 9.59 Å². The minimum atomic E-state index is -0.369. The first-order valence-electron chi connectivity index (χ1n) is 5.91. The number of rotatable bonds is 3. The smallest absolute Gasteiger partial charge is 0.253 e. The molecule has 2 atom stereocenters. The van der Waals surface area contributed by atoms with E-state index in [0.29, 0.717) is 23.5 Å². The number of anilines is 2. The molecule has 1 heterocycles. The predicted molar refractivity (Wildman–Crippen MR) is 66.2 cm³/mol. The molecule has 0 amide bonds. The number of nitrogens with zero attached hydrogens (tertiary/aromatic N) is 1. The maximum atomic E-state index is 11.6. The summed E-state index contributed by atoms with van der Waals surface area (Å²) in [6.45, 7) is 4.24. The molecule has 2 unspecified atom stereocenters. The Hall–Kier alpha value is -1.32. The van der Waals surface area contributed by atoms with Crippen LogP contribution in [-0.4, -0.2) is 19.1 Å². The van der Waals surface area contributed by atoms with Crippen molar-refractivity contribution in [1.82, 2.24) is 0 Å². The van der Waals surface area contributed by atoms with Gasteiger partial charge in [0.15, 0.2) is 0 Å². The van der Waals surface area contributed by atoms with Crippen molar-refractivity contribution >= 4 is 11.4 Å². The molecule has 0 bridgehead atoms. The van der Waals surface area contributed by atoms with E-state index >= 15 is 0 Å². The standard InChI is InChI=1S/C12H18N2O2/c1-4-8-6-5-7(2)14(8)10-9(13-3)11(15)12(10)16/h7-8,13H,4-6H2,1-3H3. The van der Waals surface area contributed by atoms with Crippen LogP contribution in [0.5, 0.6) is 0 Å². The number of hydrogen-bond acceptors (Lipinski definition) is 4. The zero-order chi connectivity index (χ0) is 11.9. The van der Waals surface area contributed by atoms with Gasteiger partial charge in [-0.05, 0) is 26.2 Å². The first-order valence-corrected chi connectivity index (χ1v) is 5.91. The lowest BCUT2D eigenvalue weighted by Gasteiger charge is -2.32. The van der Waals surface area contributed by atoms with Gasteiger partial charge in [-0.2, -0.15) is 0 Å². The topological polar surface area (TPSA) is 49.4 Å². The number of hydrogen-bond donors (Lipinski definition) is 1. The molecule has 1 saturated heterocycles. The van der Waals surface area contributed by atoms with E-state index < -0.39 is 0 Å². The molecule has 0 saturated carbocycles. The van der Waals surface area contributed by atoms with Crippen LogP contribution >= 0.6 is 0 Å². The van der Waals surface area contributed by atoms with Crippen LogP contribution in [0.4, 0.5) is 11.4 Å². The Morgan fingerprint density at radius 2 is 2.00 bits per heavy atom. The molecule has 1 aromatic rings. The summed E-state index contributed by atoms with van der Waals surface area (Å²) in [5.41, 5.74) is 0.421. The molecule has 1 aromatic carbocycles. The van der Waals surface area contributed by atoms with Gasteiger partial charge >= 0.3 is 0 Å². The number of nitrogens with one attached hydrogen (secondary N) is 1. The molecule has 4 heteroatoms. The zero-order valence-electron chi connectivity index (χ0n) is 10.0. The van der Waals surface area contributed by atoms with Crippen LogP contribution < -0.4 is 21.1 Å². The fourth-order valence-corrected chi connectivity index (χ4v) is 2.73. The van der Waals surface area contributed by atoms with Crippen molar-refractivity contribution in [2.24, 2.45) is 0 Å². The Morgan fingerprint density at radius 1 is 1.31 bits per heavy atom. The molecule has 0 radical (unpaired) electrons. The summed E-state index contributed by atoms with van der Waals surface area (Å²) in [7, 11) is 1.70. The molecule has 0 spiro atoms.